The molecule has 114 valence electrons. The Balaban J connectivity index is 2.05. The van der Waals surface area contributed by atoms with Gasteiger partial charge >= 0.3 is 0 Å². The number of benzene rings is 1. The van der Waals surface area contributed by atoms with Gasteiger partial charge in [0.1, 0.15) is 18.3 Å². The summed E-state index contributed by atoms with van der Waals surface area (Å²) >= 11 is 0. The lowest BCUT2D eigenvalue weighted by Crippen LogP contribution is -2.22. The van der Waals surface area contributed by atoms with Crippen molar-refractivity contribution in [3.05, 3.63) is 36.9 Å². The van der Waals surface area contributed by atoms with E-state index >= 15 is 0 Å². The summed E-state index contributed by atoms with van der Waals surface area (Å²) in [5.74, 6) is 1.43. The predicted octanol–water partition coefficient (Wildman–Crippen LogP) is 2.63. The fourth-order valence-electron chi connectivity index (χ4n) is 2.50. The molecule has 3 aromatic rings. The van der Waals surface area contributed by atoms with Gasteiger partial charge in [-0.3, -0.25) is 4.57 Å². The van der Waals surface area contributed by atoms with Crippen LogP contribution in [0.15, 0.2) is 36.9 Å². The average Bonchev–Trinajstić information content (AvgIpc) is 2.97. The number of aromatic nitrogens is 4. The average molecular weight is 296 g/mol. The zero-order valence-corrected chi connectivity index (χ0v) is 12.9. The van der Waals surface area contributed by atoms with Gasteiger partial charge in [-0.2, -0.15) is 0 Å². The lowest BCUT2D eigenvalue weighted by atomic mass is 10.3. The largest absolute Gasteiger partial charge is 0.393 e. The molecular weight excluding hydrogens is 276 g/mol. The van der Waals surface area contributed by atoms with E-state index in [2.05, 4.69) is 26.8 Å². The highest BCUT2D eigenvalue weighted by Crippen LogP contribution is 2.27. The number of nitrogens with zero attached hydrogens (tertiary/aromatic N) is 5. The Morgan fingerprint density at radius 1 is 1.18 bits per heavy atom. The Labute approximate surface area is 129 Å². The lowest BCUT2D eigenvalue weighted by molar-refractivity contribution is 0.758. The Kier molecular flexibility index (Phi) is 3.91. The highest BCUT2D eigenvalue weighted by Gasteiger charge is 2.14. The van der Waals surface area contributed by atoms with Crippen molar-refractivity contribution in [2.75, 3.05) is 24.2 Å². The normalized spacial score (nSPS) is 11.0. The number of nitrogens with two attached hydrogens (primary N) is 1. The van der Waals surface area contributed by atoms with Crippen LogP contribution >= 0.6 is 0 Å². The third-order valence-electron chi connectivity index (χ3n) is 3.73. The van der Waals surface area contributed by atoms with Crippen molar-refractivity contribution in [3.63, 3.8) is 0 Å². The number of unbranched alkanes of at least 4 members (excludes halogenated alkanes) is 1. The molecule has 0 unspecified atom stereocenters. The van der Waals surface area contributed by atoms with Gasteiger partial charge in [-0.05, 0) is 18.6 Å². The van der Waals surface area contributed by atoms with Crippen molar-refractivity contribution in [1.82, 2.24) is 19.5 Å². The molecule has 22 heavy (non-hydrogen) atoms. The van der Waals surface area contributed by atoms with E-state index in [0.29, 0.717) is 11.5 Å². The van der Waals surface area contributed by atoms with Gasteiger partial charge in [-0.1, -0.05) is 25.5 Å². The summed E-state index contributed by atoms with van der Waals surface area (Å²) in [6, 6.07) is 7.92. The number of hydrogen-bond donors (Lipinski definition) is 1. The molecule has 0 radical (unpaired) electrons. The fraction of sp³-hybridized carbons (Fsp3) is 0.312. The van der Waals surface area contributed by atoms with Gasteiger partial charge in [0.25, 0.3) is 0 Å². The van der Waals surface area contributed by atoms with Crippen LogP contribution in [-0.2, 0) is 0 Å². The van der Waals surface area contributed by atoms with Crippen molar-refractivity contribution < 1.29 is 0 Å². The van der Waals surface area contributed by atoms with E-state index in [4.69, 9.17) is 5.73 Å². The first-order valence-electron chi connectivity index (χ1n) is 7.46. The van der Waals surface area contributed by atoms with Crippen LogP contribution in [0.2, 0.25) is 0 Å². The maximum atomic E-state index is 6.32. The van der Waals surface area contributed by atoms with E-state index in [9.17, 15) is 0 Å². The zero-order chi connectivity index (χ0) is 15.5. The third kappa shape index (κ3) is 2.47. The Morgan fingerprint density at radius 3 is 2.82 bits per heavy atom. The molecule has 0 atom stereocenters. The van der Waals surface area contributed by atoms with Crippen LogP contribution in [-0.4, -0.2) is 33.1 Å². The smallest absolute Gasteiger partial charge is 0.167 e. The van der Waals surface area contributed by atoms with Crippen LogP contribution in [0, 0.1) is 0 Å². The van der Waals surface area contributed by atoms with E-state index in [1.165, 1.54) is 0 Å². The summed E-state index contributed by atoms with van der Waals surface area (Å²) in [5.41, 5.74) is 8.80. The van der Waals surface area contributed by atoms with Crippen LogP contribution in [0.1, 0.15) is 19.8 Å². The highest BCUT2D eigenvalue weighted by atomic mass is 15.2. The van der Waals surface area contributed by atoms with E-state index in [0.717, 1.165) is 36.2 Å². The van der Waals surface area contributed by atoms with Crippen molar-refractivity contribution in [1.29, 1.82) is 0 Å². The third-order valence-corrected chi connectivity index (χ3v) is 3.73. The summed E-state index contributed by atoms with van der Waals surface area (Å²) in [6.45, 7) is 3.09. The van der Waals surface area contributed by atoms with Gasteiger partial charge < -0.3 is 10.6 Å². The predicted molar refractivity (Wildman–Crippen MR) is 89.3 cm³/mol. The molecule has 6 heteroatoms. The molecule has 0 fully saturated rings. The molecule has 1 aromatic carbocycles. The summed E-state index contributed by atoms with van der Waals surface area (Å²) in [4.78, 5) is 15.2. The first-order valence-corrected chi connectivity index (χ1v) is 7.46. The molecule has 3 rings (SSSR count). The fourth-order valence-corrected chi connectivity index (χ4v) is 2.50. The van der Waals surface area contributed by atoms with Crippen LogP contribution < -0.4 is 10.6 Å². The van der Waals surface area contributed by atoms with Gasteiger partial charge in [-0.15, -0.1) is 0 Å². The molecule has 2 aromatic heterocycles. The van der Waals surface area contributed by atoms with Crippen molar-refractivity contribution in [2.24, 2.45) is 0 Å². The standard InChI is InChI=1S/C16H20N6/c1-3-4-9-21(2)15-14(17)16(19-10-18-15)22-11-20-12-7-5-6-8-13(12)22/h5-8,10-11H,3-4,9,17H2,1-2H3. The summed E-state index contributed by atoms with van der Waals surface area (Å²) in [7, 11) is 2.00. The van der Waals surface area contributed by atoms with Gasteiger partial charge in [0.05, 0.1) is 11.0 Å². The van der Waals surface area contributed by atoms with Crippen LogP contribution in [0.3, 0.4) is 0 Å². The molecule has 0 bridgehead atoms. The summed E-state index contributed by atoms with van der Waals surface area (Å²) in [6.07, 6.45) is 5.54. The number of fused-ring (bicyclic) bond motifs is 1. The van der Waals surface area contributed by atoms with Crippen molar-refractivity contribution >= 4 is 22.5 Å². The minimum Gasteiger partial charge on any atom is -0.393 e. The molecular formula is C16H20N6. The molecule has 0 spiro atoms. The summed E-state index contributed by atoms with van der Waals surface area (Å²) in [5, 5.41) is 0. The Morgan fingerprint density at radius 2 is 2.00 bits per heavy atom. The molecule has 0 aliphatic rings. The van der Waals surface area contributed by atoms with E-state index in [1.54, 1.807) is 12.7 Å². The van der Waals surface area contributed by atoms with Crippen LogP contribution in [0.5, 0.6) is 0 Å². The second-order valence-corrected chi connectivity index (χ2v) is 5.31. The minimum absolute atomic E-state index is 0.573. The SMILES string of the molecule is CCCCN(C)c1ncnc(-n2cnc3ccccc32)c1N. The van der Waals surface area contributed by atoms with E-state index in [1.807, 2.05) is 35.9 Å². The molecule has 0 saturated carbocycles. The minimum atomic E-state index is 0.573. The molecule has 2 heterocycles. The van der Waals surface area contributed by atoms with Crippen molar-refractivity contribution in [2.45, 2.75) is 19.8 Å². The molecule has 0 aliphatic heterocycles. The number of anilines is 2. The van der Waals surface area contributed by atoms with Crippen LogP contribution in [0.4, 0.5) is 11.5 Å². The Hall–Kier alpha value is -2.63. The monoisotopic (exact) mass is 296 g/mol. The second-order valence-electron chi connectivity index (χ2n) is 5.31. The second kappa shape index (κ2) is 6.01. The molecule has 0 saturated heterocycles. The quantitative estimate of drug-likeness (QED) is 0.783. The van der Waals surface area contributed by atoms with Gasteiger partial charge in [0, 0.05) is 13.6 Å². The first-order chi connectivity index (χ1) is 10.7. The Bertz CT molecular complexity index is 779. The molecule has 6 nitrogen and oxygen atoms in total. The number of imidazole rings is 1. The first kappa shape index (κ1) is 14.3. The maximum Gasteiger partial charge on any atom is 0.167 e. The maximum absolute atomic E-state index is 6.32. The number of para-hydroxylation sites is 2. The van der Waals surface area contributed by atoms with Crippen LogP contribution in [0.25, 0.3) is 16.9 Å². The van der Waals surface area contributed by atoms with Gasteiger partial charge in [0.15, 0.2) is 11.6 Å². The number of nitrogen functional groups attached to an aromatic ring is 1. The lowest BCUT2D eigenvalue weighted by Gasteiger charge is -2.20. The highest BCUT2D eigenvalue weighted by molar-refractivity contribution is 5.80. The number of rotatable bonds is 5. The van der Waals surface area contributed by atoms with Gasteiger partial charge in [-0.25, -0.2) is 15.0 Å². The van der Waals surface area contributed by atoms with E-state index in [-0.39, 0.29) is 0 Å². The topological polar surface area (TPSA) is 72.9 Å². The summed E-state index contributed by atoms with van der Waals surface area (Å²) < 4.78 is 1.91. The zero-order valence-electron chi connectivity index (χ0n) is 12.9. The molecule has 2 N–H and O–H groups in total. The molecule has 0 aliphatic carbocycles. The van der Waals surface area contributed by atoms with Crippen molar-refractivity contribution in [3.8, 4) is 5.82 Å². The van der Waals surface area contributed by atoms with Gasteiger partial charge in [0.2, 0.25) is 0 Å². The molecule has 0 amide bonds. The number of hydrogen-bond acceptors (Lipinski definition) is 5. The van der Waals surface area contributed by atoms with E-state index < -0.39 is 0 Å².